The number of amides is 2. The smallest absolute Gasteiger partial charge is 0.278 e. The highest BCUT2D eigenvalue weighted by Gasteiger charge is 2.41. The van der Waals surface area contributed by atoms with Gasteiger partial charge in [0, 0.05) is 30.9 Å². The number of anilines is 5. The highest BCUT2D eigenvalue weighted by atomic mass is 35.5. The zero-order chi connectivity index (χ0) is 47.9. The molecule has 0 saturated heterocycles. The molecule has 68 heavy (non-hydrogen) atoms. The topological polar surface area (TPSA) is 158 Å². The largest absolute Gasteiger partial charge is 0.471 e. The number of aliphatic imine (C=N–C) groups is 2. The number of nitrogens with zero attached hydrogens (tertiary/aromatic N) is 4. The van der Waals surface area contributed by atoms with Crippen molar-refractivity contribution in [3.8, 4) is 5.75 Å². The number of hydrogen-bond acceptors (Lipinski definition) is 10. The predicted molar refractivity (Wildman–Crippen MR) is 276 cm³/mol. The van der Waals surface area contributed by atoms with Gasteiger partial charge in [-0.15, -0.1) is 0 Å². The van der Waals surface area contributed by atoms with Gasteiger partial charge in [0.25, 0.3) is 15.9 Å². The number of carbonyl (C=O) groups excluding carboxylic acids is 2. The van der Waals surface area contributed by atoms with Crippen LogP contribution < -0.4 is 29.9 Å². The van der Waals surface area contributed by atoms with Gasteiger partial charge in [-0.1, -0.05) is 107 Å². The van der Waals surface area contributed by atoms with E-state index in [0.717, 1.165) is 73.6 Å². The van der Waals surface area contributed by atoms with Gasteiger partial charge in [0.2, 0.25) is 11.8 Å². The average Bonchev–Trinajstić information content (AvgIpc) is 3.84. The lowest BCUT2D eigenvalue weighted by atomic mass is 9.88. The summed E-state index contributed by atoms with van der Waals surface area (Å²) < 4.78 is 41.6. The van der Waals surface area contributed by atoms with Gasteiger partial charge in [-0.05, 0) is 118 Å². The maximum absolute atomic E-state index is 14.9. The van der Waals surface area contributed by atoms with Crippen molar-refractivity contribution in [1.29, 1.82) is 0 Å². The van der Waals surface area contributed by atoms with E-state index in [2.05, 4.69) is 46.6 Å². The maximum atomic E-state index is 14.9. The summed E-state index contributed by atoms with van der Waals surface area (Å²) in [7, 11) is -4.33. The van der Waals surface area contributed by atoms with Gasteiger partial charge < -0.3 is 30.0 Å². The van der Waals surface area contributed by atoms with E-state index in [4.69, 9.17) is 25.7 Å². The molecular formula is C53H64ClN7O6S. The molecule has 0 spiro atoms. The van der Waals surface area contributed by atoms with Crippen LogP contribution in [0.5, 0.6) is 5.75 Å². The zero-order valence-electron chi connectivity index (χ0n) is 39.5. The van der Waals surface area contributed by atoms with E-state index < -0.39 is 15.9 Å². The Labute approximate surface area is 406 Å². The molecule has 5 aromatic rings. The van der Waals surface area contributed by atoms with Crippen LogP contribution >= 0.6 is 11.6 Å². The van der Waals surface area contributed by atoms with Crippen LogP contribution in [0.25, 0.3) is 0 Å². The first kappa shape index (κ1) is 49.8. The molecule has 13 nitrogen and oxygen atoms in total. The van der Waals surface area contributed by atoms with Crippen LogP contribution in [0.1, 0.15) is 115 Å². The van der Waals surface area contributed by atoms with Crippen LogP contribution in [0.15, 0.2) is 117 Å². The summed E-state index contributed by atoms with van der Waals surface area (Å²) in [6.07, 6.45) is 17.3. The Morgan fingerprint density at radius 2 is 1.49 bits per heavy atom. The van der Waals surface area contributed by atoms with E-state index in [9.17, 15) is 18.0 Å². The van der Waals surface area contributed by atoms with Crippen molar-refractivity contribution < 1.29 is 27.2 Å². The van der Waals surface area contributed by atoms with E-state index in [1.165, 1.54) is 62.8 Å². The van der Waals surface area contributed by atoms with Crippen LogP contribution in [-0.4, -0.2) is 51.6 Å². The number of unbranched alkanes of at least 4 members (excludes halogenated alkanes) is 9. The monoisotopic (exact) mass is 961 g/mol. The Kier molecular flexibility index (Phi) is 17.7. The van der Waals surface area contributed by atoms with Crippen molar-refractivity contribution in [3.63, 3.8) is 0 Å². The van der Waals surface area contributed by atoms with Gasteiger partial charge in [-0.25, -0.2) is 17.7 Å². The molecule has 1 aliphatic heterocycles. The lowest BCUT2D eigenvalue weighted by molar-refractivity contribution is -0.116. The quantitative estimate of drug-likeness (QED) is 0.0313. The fourth-order valence-electron chi connectivity index (χ4n) is 8.80. The van der Waals surface area contributed by atoms with Crippen LogP contribution in [0.3, 0.4) is 0 Å². The van der Waals surface area contributed by atoms with Gasteiger partial charge in [0.15, 0.2) is 23.2 Å². The summed E-state index contributed by atoms with van der Waals surface area (Å²) in [5.74, 6) is -0.699. The maximum Gasteiger partial charge on any atom is 0.278 e. The molecule has 4 aromatic carbocycles. The Hall–Kier alpha value is -6.12. The summed E-state index contributed by atoms with van der Waals surface area (Å²) in [6.45, 7) is 8.17. The number of sulfonamides is 1. The highest BCUT2D eigenvalue weighted by molar-refractivity contribution is 7.94. The molecule has 0 saturated carbocycles. The fourth-order valence-corrected chi connectivity index (χ4v) is 10.5. The average molecular weight is 963 g/mol. The van der Waals surface area contributed by atoms with Crippen LogP contribution in [-0.2, 0) is 32.5 Å². The number of nitrogens with one attached hydrogen (secondary N) is 3. The molecule has 0 unspecified atom stereocenters. The molecule has 2 aliphatic rings. The Balaban J connectivity index is 1.10. The molecule has 360 valence electrons. The third kappa shape index (κ3) is 12.3. The van der Waals surface area contributed by atoms with Crippen LogP contribution in [0, 0.1) is 0 Å². The van der Waals surface area contributed by atoms with Crippen molar-refractivity contribution in [2.75, 3.05) is 45.0 Å². The van der Waals surface area contributed by atoms with Crippen molar-refractivity contribution in [2.24, 2.45) is 9.98 Å². The SMILES string of the molecule is CCCCCCCCCCCCC(=O)Nc1ccccc1OCNc1ccc(Cl)c(NC(=O)C(=Nc2ccc(N(CC)CC)c3c2CCCC3)C2=Nc3occc3S(=O)(=O)N2c2ccccc2)c1. The summed E-state index contributed by atoms with van der Waals surface area (Å²) in [4.78, 5) is 39.7. The zero-order valence-corrected chi connectivity index (χ0v) is 41.1. The number of hydrogen-bond donors (Lipinski definition) is 3. The molecule has 0 fully saturated rings. The second kappa shape index (κ2) is 24.2. The molecule has 3 N–H and O–H groups in total. The van der Waals surface area contributed by atoms with Crippen LogP contribution in [0.2, 0.25) is 5.02 Å². The van der Waals surface area contributed by atoms with E-state index in [0.29, 0.717) is 29.2 Å². The lowest BCUT2D eigenvalue weighted by Gasteiger charge is -2.30. The molecule has 15 heteroatoms. The second-order valence-corrected chi connectivity index (χ2v) is 19.3. The summed E-state index contributed by atoms with van der Waals surface area (Å²) in [6, 6.07) is 26.1. The number of halogens is 1. The number of benzene rings is 4. The van der Waals surface area contributed by atoms with E-state index in [-0.39, 0.29) is 51.4 Å². The minimum atomic E-state index is -4.33. The van der Waals surface area contributed by atoms with Crippen molar-refractivity contribution in [1.82, 2.24) is 0 Å². The van der Waals surface area contributed by atoms with Crippen molar-refractivity contribution >= 4 is 85.0 Å². The van der Waals surface area contributed by atoms with E-state index in [1.54, 1.807) is 54.6 Å². The third-order valence-electron chi connectivity index (χ3n) is 12.4. The molecule has 2 heterocycles. The molecule has 2 amide bonds. The Morgan fingerprint density at radius 3 is 2.22 bits per heavy atom. The van der Waals surface area contributed by atoms with Crippen molar-refractivity contribution in [2.45, 2.75) is 122 Å². The number of carbonyl (C=O) groups is 2. The first-order valence-electron chi connectivity index (χ1n) is 24.2. The summed E-state index contributed by atoms with van der Waals surface area (Å²) in [5.41, 5.74) is 5.24. The number of para-hydroxylation sites is 3. The van der Waals surface area contributed by atoms with Gasteiger partial charge in [0.05, 0.1) is 34.0 Å². The highest BCUT2D eigenvalue weighted by Crippen LogP contribution is 2.40. The summed E-state index contributed by atoms with van der Waals surface area (Å²) >= 11 is 6.76. The second-order valence-electron chi connectivity index (χ2n) is 17.1. The van der Waals surface area contributed by atoms with Gasteiger partial charge in [-0.2, -0.15) is 4.99 Å². The Bertz CT molecular complexity index is 2680. The molecule has 0 bridgehead atoms. The Morgan fingerprint density at radius 1 is 0.794 bits per heavy atom. The van der Waals surface area contributed by atoms with Gasteiger partial charge >= 0.3 is 0 Å². The molecule has 0 radical (unpaired) electrons. The number of amidine groups is 1. The minimum Gasteiger partial charge on any atom is -0.471 e. The number of fused-ring (bicyclic) bond motifs is 2. The minimum absolute atomic E-state index is 0.0217. The summed E-state index contributed by atoms with van der Waals surface area (Å²) in [5, 5.41) is 9.38. The fraction of sp³-hybridized carbons (Fsp3) is 0.396. The van der Waals surface area contributed by atoms with Gasteiger partial charge in [0.1, 0.15) is 5.75 Å². The number of furan rings is 1. The first-order valence-corrected chi connectivity index (χ1v) is 26.1. The third-order valence-corrected chi connectivity index (χ3v) is 14.5. The molecule has 1 aliphatic carbocycles. The molecule has 1 aromatic heterocycles. The number of ether oxygens (including phenoxy) is 1. The first-order chi connectivity index (χ1) is 33.1. The molecule has 0 atom stereocenters. The van der Waals surface area contributed by atoms with Crippen molar-refractivity contribution in [3.05, 3.63) is 113 Å². The molecular weight excluding hydrogens is 898 g/mol. The van der Waals surface area contributed by atoms with Crippen LogP contribution in [0.4, 0.5) is 40.0 Å². The van der Waals surface area contributed by atoms with E-state index in [1.807, 2.05) is 30.3 Å². The number of rotatable bonds is 24. The van der Waals surface area contributed by atoms with Gasteiger partial charge in [-0.3, -0.25) is 9.59 Å². The molecule has 7 rings (SSSR count). The standard InChI is InChI=1S/C53H64ClN7O6S/c1-4-7-8-9-10-11-12-13-14-18-29-49(62)56-44-27-21-22-28-47(44)67-37-55-38-30-31-42(54)45(36-38)58-52(63)50(57-43-32-33-46(60(5-2)6-3)41-26-20-19-25-40(41)43)51-59-53-48(34-35-66-53)68(64,65)61(51)39-23-16-15-17-24-39/h15-17,21-24,27-28,30-36,55H,4-14,18-20,25-26,29,37H2,1-3H3,(H,56,62)(H,58,63). The van der Waals surface area contributed by atoms with E-state index >= 15 is 0 Å². The predicted octanol–water partition coefficient (Wildman–Crippen LogP) is 13.0. The normalized spacial score (nSPS) is 14.1. The lowest BCUT2D eigenvalue weighted by Crippen LogP contribution is -2.47.